The van der Waals surface area contributed by atoms with Gasteiger partial charge in [0.05, 0.1) is 16.7 Å². The molecule has 0 atom stereocenters. The second-order valence-corrected chi connectivity index (χ2v) is 7.85. The number of amides is 1. The molecule has 0 aliphatic rings. The summed E-state index contributed by atoms with van der Waals surface area (Å²) in [5.74, 6) is -1.67. The standard InChI is InChI=1S/C22H18ClF4N7O2/c1-28-19(35)7-5-17-13-8-11(2-4-16(13)33-34-17)31-21-29-10-15(24)20(32-21)30-12-3-6-18(14(23)9-12)36-22(25,26)27/h2-4,6,8-10H,5,7H2,1H3,(H,28,35)(H,33,34)(H2,29,30,31,32). The molecule has 36 heavy (non-hydrogen) atoms. The molecule has 0 saturated carbocycles. The van der Waals surface area contributed by atoms with Gasteiger partial charge in [-0.05, 0) is 42.8 Å². The summed E-state index contributed by atoms with van der Waals surface area (Å²) in [4.78, 5) is 19.6. The minimum Gasteiger partial charge on any atom is -0.404 e. The van der Waals surface area contributed by atoms with Crippen LogP contribution in [-0.2, 0) is 11.2 Å². The first-order valence-electron chi connectivity index (χ1n) is 10.4. The monoisotopic (exact) mass is 523 g/mol. The van der Waals surface area contributed by atoms with Gasteiger partial charge in [-0.1, -0.05) is 11.6 Å². The van der Waals surface area contributed by atoms with Crippen LogP contribution in [-0.4, -0.2) is 39.5 Å². The van der Waals surface area contributed by atoms with Crippen LogP contribution in [0.3, 0.4) is 0 Å². The predicted molar refractivity (Wildman–Crippen MR) is 125 cm³/mol. The van der Waals surface area contributed by atoms with Crippen molar-refractivity contribution in [1.29, 1.82) is 0 Å². The van der Waals surface area contributed by atoms with Gasteiger partial charge in [-0.2, -0.15) is 10.1 Å². The van der Waals surface area contributed by atoms with Crippen molar-refractivity contribution in [1.82, 2.24) is 25.5 Å². The van der Waals surface area contributed by atoms with Crippen LogP contribution in [0.5, 0.6) is 5.75 Å². The Morgan fingerprint density at radius 3 is 2.61 bits per heavy atom. The lowest BCUT2D eigenvalue weighted by atomic mass is 10.1. The number of aromatic amines is 1. The number of nitrogens with zero attached hydrogens (tertiary/aromatic N) is 3. The van der Waals surface area contributed by atoms with Crippen LogP contribution in [0, 0.1) is 5.82 Å². The van der Waals surface area contributed by atoms with Gasteiger partial charge < -0.3 is 20.7 Å². The Labute approximate surface area is 206 Å². The number of H-pyrrole nitrogens is 1. The van der Waals surface area contributed by atoms with E-state index in [2.05, 4.69) is 40.9 Å². The van der Waals surface area contributed by atoms with Crippen molar-refractivity contribution in [2.45, 2.75) is 19.2 Å². The fourth-order valence-corrected chi connectivity index (χ4v) is 3.48. The van der Waals surface area contributed by atoms with Gasteiger partial charge in [0.15, 0.2) is 11.6 Å². The van der Waals surface area contributed by atoms with Crippen LogP contribution >= 0.6 is 11.6 Å². The van der Waals surface area contributed by atoms with Crippen molar-refractivity contribution in [2.75, 3.05) is 17.7 Å². The van der Waals surface area contributed by atoms with E-state index >= 15 is 0 Å². The minimum atomic E-state index is -4.90. The number of carbonyl (C=O) groups is 1. The van der Waals surface area contributed by atoms with Crippen molar-refractivity contribution in [3.05, 3.63) is 59.1 Å². The molecule has 2 heterocycles. The molecule has 1 amide bonds. The zero-order valence-electron chi connectivity index (χ0n) is 18.5. The van der Waals surface area contributed by atoms with Gasteiger partial charge in [0.25, 0.3) is 0 Å². The number of benzene rings is 2. The smallest absolute Gasteiger partial charge is 0.404 e. The summed E-state index contributed by atoms with van der Waals surface area (Å²) in [6, 6.07) is 8.64. The molecule has 9 nitrogen and oxygen atoms in total. The Hall–Kier alpha value is -4.13. The van der Waals surface area contributed by atoms with E-state index in [0.29, 0.717) is 17.6 Å². The molecule has 0 aliphatic heterocycles. The molecule has 2 aromatic heterocycles. The van der Waals surface area contributed by atoms with E-state index in [1.54, 1.807) is 25.2 Å². The van der Waals surface area contributed by atoms with Crippen molar-refractivity contribution in [3.8, 4) is 5.75 Å². The Morgan fingerprint density at radius 1 is 1.14 bits per heavy atom. The van der Waals surface area contributed by atoms with E-state index in [4.69, 9.17) is 11.6 Å². The molecule has 2 aromatic carbocycles. The first-order chi connectivity index (χ1) is 17.1. The summed E-state index contributed by atoms with van der Waals surface area (Å²) in [7, 11) is 1.56. The molecular formula is C22H18ClF4N7O2. The van der Waals surface area contributed by atoms with Crippen LogP contribution in [0.2, 0.25) is 5.02 Å². The zero-order valence-corrected chi connectivity index (χ0v) is 19.3. The van der Waals surface area contributed by atoms with Crippen LogP contribution < -0.4 is 20.7 Å². The molecule has 0 aliphatic carbocycles. The normalized spacial score (nSPS) is 11.4. The maximum atomic E-state index is 14.3. The molecular weight excluding hydrogens is 506 g/mol. The molecule has 0 saturated heterocycles. The highest BCUT2D eigenvalue weighted by Gasteiger charge is 2.32. The summed E-state index contributed by atoms with van der Waals surface area (Å²) in [5.41, 5.74) is 2.23. The average Bonchev–Trinajstić information content (AvgIpc) is 3.23. The average molecular weight is 524 g/mol. The molecule has 4 N–H and O–H groups in total. The molecule has 0 radical (unpaired) electrons. The van der Waals surface area contributed by atoms with E-state index in [9.17, 15) is 22.4 Å². The summed E-state index contributed by atoms with van der Waals surface area (Å²) < 4.78 is 55.4. The van der Waals surface area contributed by atoms with Gasteiger partial charge in [0.1, 0.15) is 5.75 Å². The molecule has 0 bridgehead atoms. The molecule has 4 rings (SSSR count). The second kappa shape index (κ2) is 10.2. The molecule has 14 heteroatoms. The molecule has 0 fully saturated rings. The van der Waals surface area contributed by atoms with E-state index < -0.39 is 17.9 Å². The third-order valence-corrected chi connectivity index (χ3v) is 5.23. The van der Waals surface area contributed by atoms with Crippen LogP contribution in [0.4, 0.5) is 40.7 Å². The first-order valence-corrected chi connectivity index (χ1v) is 10.8. The second-order valence-electron chi connectivity index (χ2n) is 7.44. The maximum Gasteiger partial charge on any atom is 0.573 e. The Kier molecular flexibility index (Phi) is 7.10. The van der Waals surface area contributed by atoms with Gasteiger partial charge in [-0.15, -0.1) is 13.2 Å². The van der Waals surface area contributed by atoms with Crippen LogP contribution in [0.25, 0.3) is 10.9 Å². The minimum absolute atomic E-state index is 0.0526. The van der Waals surface area contributed by atoms with E-state index in [0.717, 1.165) is 29.4 Å². The van der Waals surface area contributed by atoms with Gasteiger partial charge >= 0.3 is 6.36 Å². The highest BCUT2D eigenvalue weighted by molar-refractivity contribution is 6.32. The number of fused-ring (bicyclic) bond motifs is 1. The summed E-state index contributed by atoms with van der Waals surface area (Å²) in [6.07, 6.45) is -3.22. The molecule has 0 spiro atoms. The SMILES string of the molecule is CNC(=O)CCc1[nH]nc2ccc(Nc3ncc(F)c(Nc4ccc(OC(F)(F)F)c(Cl)c4)n3)cc12. The molecule has 4 aromatic rings. The lowest BCUT2D eigenvalue weighted by Gasteiger charge is -2.13. The van der Waals surface area contributed by atoms with Gasteiger partial charge in [-0.25, -0.2) is 9.37 Å². The van der Waals surface area contributed by atoms with E-state index in [-0.39, 0.29) is 34.8 Å². The van der Waals surface area contributed by atoms with Gasteiger partial charge in [0, 0.05) is 35.9 Å². The fraction of sp³-hybridized carbons (Fsp3) is 0.182. The highest BCUT2D eigenvalue weighted by Crippen LogP contribution is 2.33. The number of nitrogens with one attached hydrogen (secondary N) is 4. The number of aromatic nitrogens is 4. The maximum absolute atomic E-state index is 14.3. The third-order valence-electron chi connectivity index (χ3n) is 4.93. The summed E-state index contributed by atoms with van der Waals surface area (Å²) >= 11 is 5.85. The van der Waals surface area contributed by atoms with E-state index in [1.807, 2.05) is 0 Å². The van der Waals surface area contributed by atoms with Crippen molar-refractivity contribution < 1.29 is 27.1 Å². The van der Waals surface area contributed by atoms with Crippen molar-refractivity contribution >= 4 is 51.6 Å². The lowest BCUT2D eigenvalue weighted by molar-refractivity contribution is -0.274. The summed E-state index contributed by atoms with van der Waals surface area (Å²) in [6.45, 7) is 0. The molecule has 0 unspecified atom stereocenters. The summed E-state index contributed by atoms with van der Waals surface area (Å²) in [5, 5.41) is 15.8. The van der Waals surface area contributed by atoms with Crippen molar-refractivity contribution in [3.63, 3.8) is 0 Å². The zero-order chi connectivity index (χ0) is 25.9. The number of aryl methyl sites for hydroxylation is 1. The predicted octanol–water partition coefficient (Wildman–Crippen LogP) is 5.21. The number of ether oxygens (including phenoxy) is 1. The largest absolute Gasteiger partial charge is 0.573 e. The number of anilines is 4. The van der Waals surface area contributed by atoms with Gasteiger partial charge in [-0.3, -0.25) is 9.89 Å². The van der Waals surface area contributed by atoms with Crippen LogP contribution in [0.15, 0.2) is 42.6 Å². The highest BCUT2D eigenvalue weighted by atomic mass is 35.5. The number of alkyl halides is 3. The Morgan fingerprint density at radius 2 is 1.89 bits per heavy atom. The van der Waals surface area contributed by atoms with Crippen molar-refractivity contribution in [2.24, 2.45) is 0 Å². The number of halogens is 5. The molecule has 188 valence electrons. The third kappa shape index (κ3) is 6.10. The van der Waals surface area contributed by atoms with E-state index in [1.165, 1.54) is 6.07 Å². The topological polar surface area (TPSA) is 117 Å². The Balaban J connectivity index is 1.51. The first kappa shape index (κ1) is 25.0. The lowest BCUT2D eigenvalue weighted by Crippen LogP contribution is -2.18. The van der Waals surface area contributed by atoms with Crippen LogP contribution in [0.1, 0.15) is 12.1 Å². The van der Waals surface area contributed by atoms with Gasteiger partial charge in [0.2, 0.25) is 11.9 Å². The fourth-order valence-electron chi connectivity index (χ4n) is 3.26. The number of hydrogen-bond acceptors (Lipinski definition) is 7. The Bertz CT molecular complexity index is 1410. The number of carbonyl (C=O) groups excluding carboxylic acids is 1. The quantitative estimate of drug-likeness (QED) is 0.234. The number of hydrogen-bond donors (Lipinski definition) is 4. The number of rotatable bonds is 8.